The highest BCUT2D eigenvalue weighted by molar-refractivity contribution is 7.03. The molecule has 8 heteroatoms. The number of rotatable bonds is 6. The summed E-state index contributed by atoms with van der Waals surface area (Å²) >= 11 is 1.10. The summed E-state index contributed by atoms with van der Waals surface area (Å²) in [5.41, 5.74) is 2.38. The normalized spacial score (nSPS) is 15.3. The zero-order valence-corrected chi connectivity index (χ0v) is 18.2. The molecular weight excluding hydrogens is 410 g/mol. The topological polar surface area (TPSA) is 88.1 Å². The number of benzene rings is 1. The van der Waals surface area contributed by atoms with Crippen molar-refractivity contribution >= 4 is 29.0 Å². The molecule has 0 radical (unpaired) electrons. The summed E-state index contributed by atoms with van der Waals surface area (Å²) in [4.78, 5) is 33.0. The second-order valence-electron chi connectivity index (χ2n) is 7.80. The predicted octanol–water partition coefficient (Wildman–Crippen LogP) is 4.08. The number of nitrogens with one attached hydrogen (secondary N) is 1. The Morgan fingerprint density at radius 2 is 1.87 bits per heavy atom. The molecule has 4 rings (SSSR count). The van der Waals surface area contributed by atoms with Gasteiger partial charge in [0.05, 0.1) is 5.69 Å². The summed E-state index contributed by atoms with van der Waals surface area (Å²) in [5, 5.41) is 8.72. The number of amides is 2. The Labute approximate surface area is 185 Å². The van der Waals surface area contributed by atoms with Gasteiger partial charge < -0.3 is 5.32 Å². The summed E-state index contributed by atoms with van der Waals surface area (Å²) in [6.45, 7) is 1.98. The van der Waals surface area contributed by atoms with E-state index in [-0.39, 0.29) is 23.6 Å². The molecule has 2 amide bonds. The number of nitrogens with zero attached hydrogens (tertiary/aromatic N) is 4. The third-order valence-corrected chi connectivity index (χ3v) is 6.04. The van der Waals surface area contributed by atoms with Crippen LogP contribution in [0.15, 0.2) is 54.0 Å². The van der Waals surface area contributed by atoms with Crippen LogP contribution in [0.3, 0.4) is 0 Å². The molecule has 2 heterocycles. The van der Waals surface area contributed by atoms with E-state index in [1.54, 1.807) is 23.7 Å². The van der Waals surface area contributed by atoms with E-state index in [4.69, 9.17) is 0 Å². The number of hydrogen-bond donors (Lipinski definition) is 1. The molecule has 0 bridgehead atoms. The highest BCUT2D eigenvalue weighted by Gasteiger charge is 2.36. The Kier molecular flexibility index (Phi) is 6.66. The first-order chi connectivity index (χ1) is 15.1. The number of pyridine rings is 1. The molecule has 2 aromatic heterocycles. The maximum atomic E-state index is 13.6. The molecule has 0 spiro atoms. The third-order valence-electron chi connectivity index (χ3n) is 5.54. The molecule has 1 fully saturated rings. The van der Waals surface area contributed by atoms with Crippen LogP contribution in [0, 0.1) is 6.92 Å². The fraction of sp³-hybridized carbons (Fsp3) is 0.348. The number of carbonyl (C=O) groups excluding carboxylic acids is 2. The van der Waals surface area contributed by atoms with Gasteiger partial charge >= 0.3 is 0 Å². The quantitative estimate of drug-likeness (QED) is 0.630. The van der Waals surface area contributed by atoms with Gasteiger partial charge in [-0.25, -0.2) is 0 Å². The first-order valence-corrected chi connectivity index (χ1v) is 11.4. The van der Waals surface area contributed by atoms with Crippen molar-refractivity contribution in [3.63, 3.8) is 0 Å². The molecule has 0 saturated heterocycles. The summed E-state index contributed by atoms with van der Waals surface area (Å²) < 4.78 is 3.83. The molecule has 31 heavy (non-hydrogen) atoms. The van der Waals surface area contributed by atoms with Crippen LogP contribution in [-0.4, -0.2) is 32.4 Å². The zero-order chi connectivity index (χ0) is 21.6. The van der Waals surface area contributed by atoms with Gasteiger partial charge in [-0.1, -0.05) is 47.5 Å². The molecule has 1 atom stereocenters. The highest BCUT2D eigenvalue weighted by atomic mass is 32.1. The van der Waals surface area contributed by atoms with Crippen LogP contribution in [0.25, 0.3) is 0 Å². The van der Waals surface area contributed by atoms with Gasteiger partial charge in [0.2, 0.25) is 5.91 Å². The first kappa shape index (κ1) is 21.1. The molecule has 160 valence electrons. The fourth-order valence-corrected chi connectivity index (χ4v) is 4.35. The Morgan fingerprint density at radius 3 is 2.52 bits per heavy atom. The van der Waals surface area contributed by atoms with Gasteiger partial charge in [-0.15, -0.1) is 5.10 Å². The molecule has 1 aliphatic carbocycles. The van der Waals surface area contributed by atoms with E-state index < -0.39 is 6.04 Å². The zero-order valence-electron chi connectivity index (χ0n) is 17.4. The average molecular weight is 436 g/mol. The lowest BCUT2D eigenvalue weighted by Gasteiger charge is -2.32. The molecule has 7 nitrogen and oxygen atoms in total. The standard InChI is InChI=1S/C23H25N5O2S/c1-16-10-12-18(13-11-16)28(23(30)20-15-31-27-26-20)21(19-9-5-6-14-24-19)22(29)25-17-7-3-2-4-8-17/h5-6,9-15,17,21H,2-4,7-8H2,1H3,(H,25,29)/t21-/m1/s1. The van der Waals surface area contributed by atoms with E-state index >= 15 is 0 Å². The summed E-state index contributed by atoms with van der Waals surface area (Å²) in [7, 11) is 0. The van der Waals surface area contributed by atoms with Crippen molar-refractivity contribution < 1.29 is 9.59 Å². The second-order valence-corrected chi connectivity index (χ2v) is 8.41. The van der Waals surface area contributed by atoms with Crippen molar-refractivity contribution in [2.24, 2.45) is 0 Å². The van der Waals surface area contributed by atoms with Gasteiger partial charge in [-0.05, 0) is 55.6 Å². The summed E-state index contributed by atoms with van der Waals surface area (Å²) in [6, 6.07) is 12.1. The maximum Gasteiger partial charge on any atom is 0.280 e. The average Bonchev–Trinajstić information content (AvgIpc) is 3.34. The Bertz CT molecular complexity index is 1000. The van der Waals surface area contributed by atoms with Crippen molar-refractivity contribution in [2.45, 2.75) is 51.1 Å². The monoisotopic (exact) mass is 435 g/mol. The van der Waals surface area contributed by atoms with Gasteiger partial charge in [0, 0.05) is 23.3 Å². The van der Waals surface area contributed by atoms with Crippen LogP contribution < -0.4 is 10.2 Å². The number of carbonyl (C=O) groups is 2. The number of aryl methyl sites for hydroxylation is 1. The van der Waals surface area contributed by atoms with E-state index in [2.05, 4.69) is 19.9 Å². The van der Waals surface area contributed by atoms with Crippen LogP contribution in [0.5, 0.6) is 0 Å². The third kappa shape index (κ3) is 4.96. The van der Waals surface area contributed by atoms with Gasteiger partial charge in [0.1, 0.15) is 0 Å². The van der Waals surface area contributed by atoms with Crippen LogP contribution in [0.4, 0.5) is 5.69 Å². The molecule has 0 unspecified atom stereocenters. The van der Waals surface area contributed by atoms with Crippen molar-refractivity contribution in [3.05, 3.63) is 71.0 Å². The van der Waals surface area contributed by atoms with E-state index in [0.29, 0.717) is 11.4 Å². The lowest BCUT2D eigenvalue weighted by molar-refractivity contribution is -0.123. The van der Waals surface area contributed by atoms with Crippen LogP contribution >= 0.6 is 11.5 Å². The number of aromatic nitrogens is 3. The van der Waals surface area contributed by atoms with E-state index in [9.17, 15) is 9.59 Å². The largest absolute Gasteiger partial charge is 0.351 e. The minimum Gasteiger partial charge on any atom is -0.351 e. The van der Waals surface area contributed by atoms with Crippen LogP contribution in [0.1, 0.15) is 59.9 Å². The Morgan fingerprint density at radius 1 is 1.10 bits per heavy atom. The van der Waals surface area contributed by atoms with Crippen molar-refractivity contribution in [3.8, 4) is 0 Å². The van der Waals surface area contributed by atoms with Crippen LogP contribution in [0.2, 0.25) is 0 Å². The molecule has 1 N–H and O–H groups in total. The number of anilines is 1. The second kappa shape index (κ2) is 9.78. The van der Waals surface area contributed by atoms with Crippen LogP contribution in [-0.2, 0) is 4.79 Å². The van der Waals surface area contributed by atoms with Crippen molar-refractivity contribution in [1.29, 1.82) is 0 Å². The highest BCUT2D eigenvalue weighted by Crippen LogP contribution is 2.30. The van der Waals surface area contributed by atoms with E-state index in [1.807, 2.05) is 37.3 Å². The van der Waals surface area contributed by atoms with E-state index in [1.165, 1.54) is 11.3 Å². The summed E-state index contributed by atoms with van der Waals surface area (Å²) in [5.74, 6) is -0.616. The van der Waals surface area contributed by atoms with Gasteiger partial charge in [-0.3, -0.25) is 19.5 Å². The molecule has 1 aromatic carbocycles. The lowest BCUT2D eigenvalue weighted by Crippen LogP contribution is -2.47. The van der Waals surface area contributed by atoms with Crippen molar-refractivity contribution in [1.82, 2.24) is 19.9 Å². The first-order valence-electron chi connectivity index (χ1n) is 10.5. The van der Waals surface area contributed by atoms with E-state index in [0.717, 1.165) is 42.8 Å². The molecule has 1 saturated carbocycles. The smallest absolute Gasteiger partial charge is 0.280 e. The SMILES string of the molecule is Cc1ccc(N(C(=O)c2csnn2)[C@@H](C(=O)NC2CCCCC2)c2ccccn2)cc1. The predicted molar refractivity (Wildman–Crippen MR) is 120 cm³/mol. The maximum absolute atomic E-state index is 13.6. The number of hydrogen-bond acceptors (Lipinski definition) is 6. The minimum atomic E-state index is -0.917. The molecule has 0 aliphatic heterocycles. The minimum absolute atomic E-state index is 0.114. The summed E-state index contributed by atoms with van der Waals surface area (Å²) in [6.07, 6.45) is 6.94. The van der Waals surface area contributed by atoms with Gasteiger partial charge in [0.15, 0.2) is 11.7 Å². The Hall–Kier alpha value is -3.13. The molecular formula is C23H25N5O2S. The van der Waals surface area contributed by atoms with Gasteiger partial charge in [0.25, 0.3) is 5.91 Å². The Balaban J connectivity index is 1.76. The lowest BCUT2D eigenvalue weighted by atomic mass is 9.95. The molecule has 3 aromatic rings. The fourth-order valence-electron chi connectivity index (χ4n) is 3.92. The van der Waals surface area contributed by atoms with Gasteiger partial charge in [-0.2, -0.15) is 0 Å². The molecule has 1 aliphatic rings. The van der Waals surface area contributed by atoms with Crippen molar-refractivity contribution in [2.75, 3.05) is 4.90 Å².